The van der Waals surface area contributed by atoms with Crippen LogP contribution < -0.4 is 0 Å². The lowest BCUT2D eigenvalue weighted by molar-refractivity contribution is 1.32. The Morgan fingerprint density at radius 2 is 1.18 bits per heavy atom. The number of nitrogens with zero attached hydrogens (tertiary/aromatic N) is 4. The third-order valence-electron chi connectivity index (χ3n) is 9.43. The van der Waals surface area contributed by atoms with Gasteiger partial charge in [0.1, 0.15) is 0 Å². The second-order valence-corrected chi connectivity index (χ2v) is 13.4. The van der Waals surface area contributed by atoms with Crippen LogP contribution in [0.25, 0.3) is 97.5 Å². The van der Waals surface area contributed by atoms with Crippen LogP contribution in [-0.2, 0) is 0 Å². The van der Waals surface area contributed by atoms with Crippen molar-refractivity contribution in [3.63, 3.8) is 0 Å². The van der Waals surface area contributed by atoms with Gasteiger partial charge in [-0.25, -0.2) is 4.98 Å². The first-order chi connectivity index (χ1) is 24.2. The minimum atomic E-state index is 0.922. The van der Waals surface area contributed by atoms with Crippen molar-refractivity contribution in [1.82, 2.24) is 19.9 Å². The molecule has 10 aromatic rings. The molecule has 0 aliphatic rings. The van der Waals surface area contributed by atoms with Crippen LogP contribution in [0.2, 0.25) is 0 Å². The van der Waals surface area contributed by atoms with Crippen molar-refractivity contribution in [2.45, 2.75) is 0 Å². The summed E-state index contributed by atoms with van der Waals surface area (Å²) in [5, 5.41) is 6.99. The van der Waals surface area contributed by atoms with Crippen molar-refractivity contribution in [2.24, 2.45) is 0 Å². The first kappa shape index (κ1) is 27.8. The molecule has 0 spiro atoms. The van der Waals surface area contributed by atoms with Gasteiger partial charge >= 0.3 is 0 Å². The van der Waals surface area contributed by atoms with E-state index in [-0.39, 0.29) is 0 Å². The van der Waals surface area contributed by atoms with Crippen LogP contribution in [0.1, 0.15) is 0 Å². The van der Waals surface area contributed by atoms with Crippen molar-refractivity contribution in [2.75, 3.05) is 0 Å². The number of hydrogen-bond acceptors (Lipinski definition) is 5. The van der Waals surface area contributed by atoms with Crippen LogP contribution in [0.5, 0.6) is 0 Å². The topological polar surface area (TPSA) is 51.6 Å². The molecule has 0 fully saturated rings. The smallest absolute Gasteiger partial charge is 0.0964 e. The molecule has 0 radical (unpaired) electrons. The van der Waals surface area contributed by atoms with Gasteiger partial charge < -0.3 is 0 Å². The highest BCUT2D eigenvalue weighted by atomic mass is 32.1. The Kier molecular flexibility index (Phi) is 6.32. The van der Waals surface area contributed by atoms with E-state index < -0.39 is 0 Å². The second kappa shape index (κ2) is 11.2. The summed E-state index contributed by atoms with van der Waals surface area (Å²) in [4.78, 5) is 19.2. The Labute approximate surface area is 286 Å². The van der Waals surface area contributed by atoms with Gasteiger partial charge in [0.25, 0.3) is 0 Å². The Hall–Kier alpha value is -6.30. The van der Waals surface area contributed by atoms with Gasteiger partial charge in [-0.2, -0.15) is 0 Å². The molecule has 0 atom stereocenters. The first-order valence-electron chi connectivity index (χ1n) is 16.3. The molecular weight excluding hydrogens is 617 g/mol. The van der Waals surface area contributed by atoms with Gasteiger partial charge in [-0.1, -0.05) is 91.0 Å². The molecule has 0 saturated carbocycles. The van der Waals surface area contributed by atoms with Crippen LogP contribution in [0.4, 0.5) is 0 Å². The zero-order valence-corrected chi connectivity index (χ0v) is 27.0. The zero-order chi connectivity index (χ0) is 32.3. The van der Waals surface area contributed by atoms with E-state index in [1.807, 2.05) is 42.2 Å². The van der Waals surface area contributed by atoms with Crippen molar-refractivity contribution >= 4 is 64.1 Å². The maximum atomic E-state index is 5.29. The fourth-order valence-corrected chi connectivity index (χ4v) is 8.10. The lowest BCUT2D eigenvalue weighted by Crippen LogP contribution is -1.92. The van der Waals surface area contributed by atoms with Crippen LogP contribution in [-0.4, -0.2) is 19.9 Å². The third-order valence-corrected chi connectivity index (χ3v) is 10.6. The number of pyridine rings is 4. The Balaban J connectivity index is 1.10. The van der Waals surface area contributed by atoms with E-state index in [4.69, 9.17) is 9.97 Å². The molecule has 0 N–H and O–H groups in total. The summed E-state index contributed by atoms with van der Waals surface area (Å²) in [6.07, 6.45) is 7.55. The predicted molar refractivity (Wildman–Crippen MR) is 205 cm³/mol. The average Bonchev–Trinajstić information content (AvgIpc) is 3.55. The number of thiophene rings is 1. The summed E-state index contributed by atoms with van der Waals surface area (Å²) < 4.78 is 2.56. The van der Waals surface area contributed by atoms with Crippen LogP contribution >= 0.6 is 11.3 Å². The van der Waals surface area contributed by atoms with E-state index in [0.29, 0.717) is 0 Å². The van der Waals surface area contributed by atoms with Gasteiger partial charge in [0.2, 0.25) is 0 Å². The highest BCUT2D eigenvalue weighted by Gasteiger charge is 2.14. The predicted octanol–water partition coefficient (Wildman–Crippen LogP) is 11.8. The summed E-state index contributed by atoms with van der Waals surface area (Å²) in [5.74, 6) is 0. The highest BCUT2D eigenvalue weighted by Crippen LogP contribution is 2.38. The van der Waals surface area contributed by atoms with E-state index in [9.17, 15) is 0 Å². The minimum Gasteiger partial charge on any atom is -0.264 e. The molecule has 10 rings (SSSR count). The van der Waals surface area contributed by atoms with Crippen molar-refractivity contribution < 1.29 is 0 Å². The number of hydrogen-bond donors (Lipinski definition) is 0. The largest absolute Gasteiger partial charge is 0.264 e. The van der Waals surface area contributed by atoms with E-state index >= 15 is 0 Å². The van der Waals surface area contributed by atoms with E-state index in [0.717, 1.165) is 77.3 Å². The molecule has 0 aliphatic carbocycles. The van der Waals surface area contributed by atoms with Crippen LogP contribution in [0, 0.1) is 0 Å². The minimum absolute atomic E-state index is 0.922. The molecule has 0 amide bonds. The quantitative estimate of drug-likeness (QED) is 0.179. The van der Waals surface area contributed by atoms with Gasteiger partial charge in [-0.05, 0) is 64.5 Å². The summed E-state index contributed by atoms with van der Waals surface area (Å²) in [7, 11) is 0. The normalized spacial score (nSPS) is 11.7. The maximum absolute atomic E-state index is 5.29. The number of aromatic nitrogens is 4. The fraction of sp³-hybridized carbons (Fsp3) is 0. The molecule has 5 aromatic carbocycles. The molecule has 5 aromatic heterocycles. The van der Waals surface area contributed by atoms with Gasteiger partial charge in [-0.15, -0.1) is 11.3 Å². The fourth-order valence-electron chi connectivity index (χ4n) is 6.95. The number of rotatable bonds is 4. The van der Waals surface area contributed by atoms with Crippen LogP contribution in [0.15, 0.2) is 158 Å². The molecule has 0 aliphatic heterocycles. The molecule has 49 heavy (non-hydrogen) atoms. The maximum Gasteiger partial charge on any atom is 0.0964 e. The first-order valence-corrected chi connectivity index (χ1v) is 17.1. The molecule has 228 valence electrons. The summed E-state index contributed by atoms with van der Waals surface area (Å²) in [5.41, 5.74) is 10.3. The van der Waals surface area contributed by atoms with Gasteiger partial charge in [0.05, 0.1) is 22.4 Å². The molecule has 5 heterocycles. The molecule has 0 saturated heterocycles. The summed E-state index contributed by atoms with van der Waals surface area (Å²) in [6, 6.07) is 47.4. The van der Waals surface area contributed by atoms with E-state index in [1.165, 1.54) is 20.2 Å². The lowest BCUT2D eigenvalue weighted by Gasteiger charge is -2.13. The third kappa shape index (κ3) is 4.74. The van der Waals surface area contributed by atoms with E-state index in [2.05, 4.69) is 137 Å². The van der Waals surface area contributed by atoms with Crippen molar-refractivity contribution in [3.8, 4) is 44.8 Å². The molecule has 0 bridgehead atoms. The van der Waals surface area contributed by atoms with Crippen molar-refractivity contribution in [1.29, 1.82) is 0 Å². The van der Waals surface area contributed by atoms with Gasteiger partial charge in [0.15, 0.2) is 0 Å². The van der Waals surface area contributed by atoms with Crippen molar-refractivity contribution in [3.05, 3.63) is 158 Å². The number of benzene rings is 5. The summed E-state index contributed by atoms with van der Waals surface area (Å²) >= 11 is 1.83. The molecule has 4 nitrogen and oxygen atoms in total. The standard InChI is InChI=1S/C44H26N4S/c1-2-9-41-36(7-1)37-17-16-31(24-42(37)49-41)39-22-33(23-40(48-39)35-8-3-5-29-18-20-45-26-38(29)35)27-10-12-28(13-11-27)34-21-32-15-14-30-6-4-19-46-43(30)44(32)47-25-34/h1-26H. The molecule has 0 unspecified atom stereocenters. The highest BCUT2D eigenvalue weighted by molar-refractivity contribution is 7.25. The zero-order valence-electron chi connectivity index (χ0n) is 26.2. The Morgan fingerprint density at radius 1 is 0.408 bits per heavy atom. The molecule has 5 heteroatoms. The van der Waals surface area contributed by atoms with E-state index in [1.54, 1.807) is 0 Å². The summed E-state index contributed by atoms with van der Waals surface area (Å²) in [6.45, 7) is 0. The lowest BCUT2D eigenvalue weighted by atomic mass is 9.96. The number of fused-ring (bicyclic) bond motifs is 7. The monoisotopic (exact) mass is 642 g/mol. The average molecular weight is 643 g/mol. The van der Waals surface area contributed by atoms with Gasteiger partial charge in [-0.3, -0.25) is 15.0 Å². The Morgan fingerprint density at radius 3 is 2.12 bits per heavy atom. The van der Waals surface area contributed by atoms with Gasteiger partial charge in [0, 0.05) is 77.8 Å². The SMILES string of the molecule is c1cc(-c2cc(-c3ccc(-c4cnc5c(ccc6cccnc65)c4)cc3)cc(-c3ccc4c(c3)sc3ccccc34)n2)c2cnccc2c1. The Bertz CT molecular complexity index is 2890. The molecular formula is C44H26N4S. The second-order valence-electron chi connectivity index (χ2n) is 12.4. The van der Waals surface area contributed by atoms with Crippen LogP contribution in [0.3, 0.4) is 0 Å².